The number of ether oxygens (including phenoxy) is 2. The van der Waals surface area contributed by atoms with E-state index in [-0.39, 0.29) is 17.8 Å². The molecule has 0 aromatic heterocycles. The molecule has 3 rings (SSSR count). The quantitative estimate of drug-likeness (QED) is 0.693. The van der Waals surface area contributed by atoms with Crippen LogP contribution in [-0.4, -0.2) is 54.6 Å². The Morgan fingerprint density at radius 2 is 1.87 bits per heavy atom. The topological polar surface area (TPSA) is 57.2 Å². The number of hydrogen-bond donors (Lipinski definition) is 0. The van der Waals surface area contributed by atoms with Crippen LogP contribution in [0.3, 0.4) is 0 Å². The van der Waals surface area contributed by atoms with E-state index in [4.69, 9.17) is 18.8 Å². The number of likely N-dealkylation sites (tertiary alicyclic amines) is 1. The number of nitrogens with zero attached hydrogens (tertiary/aromatic N) is 1. The van der Waals surface area contributed by atoms with Crippen LogP contribution in [0.5, 0.6) is 5.75 Å². The highest BCUT2D eigenvalue weighted by Crippen LogP contribution is 2.36. The maximum absolute atomic E-state index is 14.3. The lowest BCUT2D eigenvalue weighted by molar-refractivity contribution is 0.00578. The van der Waals surface area contributed by atoms with Gasteiger partial charge in [0.1, 0.15) is 5.60 Å². The van der Waals surface area contributed by atoms with Gasteiger partial charge in [-0.3, -0.25) is 0 Å². The number of carbonyl (C=O) groups is 1. The molecule has 2 aliphatic rings. The molecule has 0 spiro atoms. The van der Waals surface area contributed by atoms with Crippen LogP contribution in [0.2, 0.25) is 0 Å². The first-order valence-electron chi connectivity index (χ1n) is 10.5. The van der Waals surface area contributed by atoms with E-state index in [0.717, 1.165) is 6.42 Å². The first-order chi connectivity index (χ1) is 13.8. The third kappa shape index (κ3) is 5.09. The smallest absolute Gasteiger partial charge is 0.490 e. The number of halogens is 1. The molecular formula is C22H33BFNO5. The lowest BCUT2D eigenvalue weighted by Gasteiger charge is -2.32. The fourth-order valence-electron chi connectivity index (χ4n) is 3.42. The highest BCUT2D eigenvalue weighted by Gasteiger charge is 2.51. The Kier molecular flexibility index (Phi) is 6.13. The second kappa shape index (κ2) is 8.04. The van der Waals surface area contributed by atoms with E-state index in [9.17, 15) is 9.18 Å². The minimum Gasteiger partial charge on any atom is -0.490 e. The van der Waals surface area contributed by atoms with Gasteiger partial charge in [0.05, 0.1) is 17.8 Å². The van der Waals surface area contributed by atoms with Gasteiger partial charge in [-0.05, 0) is 72.5 Å². The molecular weight excluding hydrogens is 388 g/mol. The molecule has 0 radical (unpaired) electrons. The summed E-state index contributed by atoms with van der Waals surface area (Å²) in [4.78, 5) is 13.9. The highest BCUT2D eigenvalue weighted by atomic mass is 19.1. The Hall–Kier alpha value is -1.80. The van der Waals surface area contributed by atoms with Crippen LogP contribution in [-0.2, 0) is 14.0 Å². The van der Waals surface area contributed by atoms with Gasteiger partial charge in [0.15, 0.2) is 11.6 Å². The summed E-state index contributed by atoms with van der Waals surface area (Å²) < 4.78 is 37.6. The van der Waals surface area contributed by atoms with Crippen molar-refractivity contribution in [3.05, 3.63) is 24.0 Å². The molecule has 8 heteroatoms. The molecule has 1 aromatic rings. The van der Waals surface area contributed by atoms with Gasteiger partial charge in [-0.2, -0.15) is 0 Å². The number of amides is 1. The van der Waals surface area contributed by atoms with Crippen molar-refractivity contribution in [2.75, 3.05) is 19.7 Å². The van der Waals surface area contributed by atoms with Gasteiger partial charge in [-0.15, -0.1) is 0 Å². The number of benzene rings is 1. The molecule has 6 nitrogen and oxygen atoms in total. The Morgan fingerprint density at radius 3 is 2.47 bits per heavy atom. The van der Waals surface area contributed by atoms with Crippen molar-refractivity contribution in [2.24, 2.45) is 5.92 Å². The van der Waals surface area contributed by atoms with E-state index in [1.807, 2.05) is 48.5 Å². The molecule has 2 fully saturated rings. The normalized spacial score (nSPS) is 23.0. The molecule has 0 aliphatic carbocycles. The van der Waals surface area contributed by atoms with Crippen LogP contribution in [0.25, 0.3) is 0 Å². The molecule has 0 N–H and O–H groups in total. The Morgan fingerprint density at radius 1 is 1.23 bits per heavy atom. The van der Waals surface area contributed by atoms with Crippen LogP contribution < -0.4 is 10.2 Å². The average molecular weight is 421 g/mol. The number of hydrogen-bond acceptors (Lipinski definition) is 5. The molecule has 1 unspecified atom stereocenters. The zero-order valence-electron chi connectivity index (χ0n) is 19.1. The second-order valence-electron chi connectivity index (χ2n) is 10.2. The van der Waals surface area contributed by atoms with Gasteiger partial charge >= 0.3 is 13.2 Å². The van der Waals surface area contributed by atoms with Gasteiger partial charge < -0.3 is 23.7 Å². The van der Waals surface area contributed by atoms with Crippen LogP contribution in [0.1, 0.15) is 54.9 Å². The van der Waals surface area contributed by atoms with E-state index < -0.39 is 29.7 Å². The third-order valence-corrected chi connectivity index (χ3v) is 5.89. The second-order valence-corrected chi connectivity index (χ2v) is 10.2. The molecule has 0 bridgehead atoms. The Balaban J connectivity index is 1.59. The van der Waals surface area contributed by atoms with Crippen molar-refractivity contribution < 1.29 is 28.0 Å². The van der Waals surface area contributed by atoms with Gasteiger partial charge in [-0.1, -0.05) is 6.07 Å². The first kappa shape index (κ1) is 22.9. The summed E-state index contributed by atoms with van der Waals surface area (Å²) in [5.74, 6) is -0.146. The zero-order valence-corrected chi connectivity index (χ0v) is 19.1. The molecule has 2 heterocycles. The van der Waals surface area contributed by atoms with Crippen LogP contribution in [0.15, 0.2) is 18.2 Å². The first-order valence-corrected chi connectivity index (χ1v) is 10.5. The highest BCUT2D eigenvalue weighted by molar-refractivity contribution is 6.62. The fourth-order valence-corrected chi connectivity index (χ4v) is 3.42. The van der Waals surface area contributed by atoms with Crippen molar-refractivity contribution in [1.29, 1.82) is 0 Å². The van der Waals surface area contributed by atoms with Crippen molar-refractivity contribution in [2.45, 2.75) is 71.7 Å². The summed E-state index contributed by atoms with van der Waals surface area (Å²) in [5.41, 5.74) is -0.751. The molecule has 2 aliphatic heterocycles. The van der Waals surface area contributed by atoms with Crippen LogP contribution in [0, 0.1) is 11.7 Å². The summed E-state index contributed by atoms with van der Waals surface area (Å²) in [6.07, 6.45) is 0.469. The van der Waals surface area contributed by atoms with Crippen molar-refractivity contribution in [3.63, 3.8) is 0 Å². The average Bonchev–Trinajstić information content (AvgIpc) is 3.15. The fraction of sp³-hybridized carbons (Fsp3) is 0.682. The summed E-state index contributed by atoms with van der Waals surface area (Å²) in [6, 6.07) is 4.67. The third-order valence-electron chi connectivity index (χ3n) is 5.89. The van der Waals surface area contributed by atoms with E-state index in [0.29, 0.717) is 25.2 Å². The minimum atomic E-state index is -0.577. The van der Waals surface area contributed by atoms with E-state index in [1.54, 1.807) is 17.0 Å². The SMILES string of the molecule is CC(C)(C)OC(=O)N1CCC(COc2cc(B3OC(C)(C)C(C)(C)O3)ccc2F)C1. The standard InChI is InChI=1S/C22H33BFNO5/c1-20(2,3)28-19(26)25-11-10-15(13-25)14-27-18-12-16(8-9-17(18)24)23-29-21(4,5)22(6,7)30-23/h8-9,12,15H,10-11,13-14H2,1-7H3. The van der Waals surface area contributed by atoms with E-state index >= 15 is 0 Å². The maximum atomic E-state index is 14.3. The molecule has 166 valence electrons. The predicted molar refractivity (Wildman–Crippen MR) is 114 cm³/mol. The molecule has 30 heavy (non-hydrogen) atoms. The number of carbonyl (C=O) groups excluding carboxylic acids is 1. The molecule has 1 aromatic carbocycles. The van der Waals surface area contributed by atoms with Crippen molar-refractivity contribution in [1.82, 2.24) is 4.90 Å². The van der Waals surface area contributed by atoms with Gasteiger partial charge in [0.25, 0.3) is 0 Å². The van der Waals surface area contributed by atoms with Crippen molar-refractivity contribution in [3.8, 4) is 5.75 Å². The van der Waals surface area contributed by atoms with Gasteiger partial charge in [0.2, 0.25) is 0 Å². The van der Waals surface area contributed by atoms with E-state index in [2.05, 4.69) is 0 Å². The monoisotopic (exact) mass is 421 g/mol. The van der Waals surface area contributed by atoms with Crippen molar-refractivity contribution >= 4 is 18.7 Å². The molecule has 1 atom stereocenters. The van der Waals surface area contributed by atoms with Gasteiger partial charge in [-0.25, -0.2) is 9.18 Å². The van der Waals surface area contributed by atoms with E-state index in [1.165, 1.54) is 6.07 Å². The largest absolute Gasteiger partial charge is 0.494 e. The minimum absolute atomic E-state index is 0.123. The van der Waals surface area contributed by atoms with Crippen LogP contribution in [0.4, 0.5) is 9.18 Å². The molecule has 1 amide bonds. The molecule has 2 saturated heterocycles. The molecule has 0 saturated carbocycles. The lowest BCUT2D eigenvalue weighted by Crippen LogP contribution is -2.41. The summed E-state index contributed by atoms with van der Waals surface area (Å²) in [7, 11) is -0.577. The predicted octanol–water partition coefficient (Wildman–Crippen LogP) is 3.76. The van der Waals surface area contributed by atoms with Gasteiger partial charge in [0, 0.05) is 19.0 Å². The zero-order chi connectivity index (χ0) is 22.3. The summed E-state index contributed by atoms with van der Waals surface area (Å²) in [5, 5.41) is 0. The summed E-state index contributed by atoms with van der Waals surface area (Å²) >= 11 is 0. The lowest BCUT2D eigenvalue weighted by atomic mass is 9.79. The summed E-state index contributed by atoms with van der Waals surface area (Å²) in [6.45, 7) is 14.9. The number of rotatable bonds is 4. The Bertz CT molecular complexity index is 776. The van der Waals surface area contributed by atoms with Crippen LogP contribution >= 0.6 is 0 Å². The Labute approximate surface area is 179 Å². The maximum Gasteiger partial charge on any atom is 0.494 e.